The summed E-state index contributed by atoms with van der Waals surface area (Å²) in [5.41, 5.74) is 0.664. The highest BCUT2D eigenvalue weighted by Gasteiger charge is 2.35. The summed E-state index contributed by atoms with van der Waals surface area (Å²) in [5, 5.41) is 12.5. The van der Waals surface area contributed by atoms with Gasteiger partial charge in [-0.15, -0.1) is 12.4 Å². The number of aliphatic hydroxyl groups excluding tert-OH is 1. The number of halogens is 1. The van der Waals surface area contributed by atoms with Crippen molar-refractivity contribution in [1.82, 2.24) is 5.32 Å². The smallest absolute Gasteiger partial charge is 0.0459 e. The molecule has 1 spiro atoms. The van der Waals surface area contributed by atoms with Gasteiger partial charge in [-0.2, -0.15) is 0 Å². The molecule has 1 aliphatic carbocycles. The average molecular weight is 220 g/mol. The van der Waals surface area contributed by atoms with E-state index < -0.39 is 0 Å². The lowest BCUT2D eigenvalue weighted by Gasteiger charge is -2.42. The van der Waals surface area contributed by atoms with E-state index >= 15 is 0 Å². The quantitative estimate of drug-likeness (QED) is 0.707. The highest BCUT2D eigenvalue weighted by molar-refractivity contribution is 5.85. The zero-order chi connectivity index (χ0) is 9.15. The Hall–Kier alpha value is 0.210. The second-order valence-corrected chi connectivity index (χ2v) is 4.88. The maximum absolute atomic E-state index is 9.07. The second-order valence-electron chi connectivity index (χ2n) is 4.88. The highest BCUT2D eigenvalue weighted by atomic mass is 35.5. The number of hydrogen-bond acceptors (Lipinski definition) is 2. The molecule has 2 rings (SSSR count). The maximum atomic E-state index is 9.07. The molecule has 2 aliphatic rings. The van der Waals surface area contributed by atoms with E-state index in [1.54, 1.807) is 0 Å². The van der Waals surface area contributed by atoms with Gasteiger partial charge >= 0.3 is 0 Å². The Bertz CT molecular complexity index is 159. The number of rotatable bonds is 1. The fourth-order valence-corrected chi connectivity index (χ4v) is 2.93. The molecule has 0 radical (unpaired) electrons. The summed E-state index contributed by atoms with van der Waals surface area (Å²) in [6.07, 6.45) is 7.98. The third-order valence-electron chi connectivity index (χ3n) is 4.09. The molecule has 2 fully saturated rings. The van der Waals surface area contributed by atoms with Crippen molar-refractivity contribution in [2.24, 2.45) is 11.3 Å². The third kappa shape index (κ3) is 2.62. The number of piperidine rings is 1. The molecule has 0 amide bonds. The van der Waals surface area contributed by atoms with Crippen molar-refractivity contribution in [3.63, 3.8) is 0 Å². The fourth-order valence-electron chi connectivity index (χ4n) is 2.93. The molecule has 1 saturated carbocycles. The summed E-state index contributed by atoms with van der Waals surface area (Å²) >= 11 is 0. The van der Waals surface area contributed by atoms with E-state index in [-0.39, 0.29) is 12.4 Å². The third-order valence-corrected chi connectivity index (χ3v) is 4.09. The Kier molecular flexibility index (Phi) is 4.68. The van der Waals surface area contributed by atoms with Gasteiger partial charge in [-0.05, 0) is 62.9 Å². The van der Waals surface area contributed by atoms with Crippen LogP contribution in [0.5, 0.6) is 0 Å². The van der Waals surface area contributed by atoms with Crippen molar-refractivity contribution >= 4 is 12.4 Å². The summed E-state index contributed by atoms with van der Waals surface area (Å²) < 4.78 is 0. The number of nitrogens with one attached hydrogen (secondary N) is 1. The van der Waals surface area contributed by atoms with Crippen LogP contribution in [0.2, 0.25) is 0 Å². The van der Waals surface area contributed by atoms with Crippen molar-refractivity contribution < 1.29 is 5.11 Å². The van der Waals surface area contributed by atoms with Gasteiger partial charge in [-0.25, -0.2) is 0 Å². The molecule has 84 valence electrons. The molecule has 14 heavy (non-hydrogen) atoms. The first-order valence-corrected chi connectivity index (χ1v) is 5.66. The van der Waals surface area contributed by atoms with Gasteiger partial charge in [0.25, 0.3) is 0 Å². The molecule has 0 aromatic carbocycles. The lowest BCUT2D eigenvalue weighted by atomic mass is 9.66. The van der Waals surface area contributed by atoms with E-state index in [9.17, 15) is 0 Å². The molecule has 2 nitrogen and oxygen atoms in total. The van der Waals surface area contributed by atoms with Crippen LogP contribution < -0.4 is 5.32 Å². The van der Waals surface area contributed by atoms with Crippen LogP contribution in [0.3, 0.4) is 0 Å². The highest BCUT2D eigenvalue weighted by Crippen LogP contribution is 2.44. The van der Waals surface area contributed by atoms with Crippen LogP contribution in [0.15, 0.2) is 0 Å². The zero-order valence-electron chi connectivity index (χ0n) is 8.80. The van der Waals surface area contributed by atoms with E-state index in [4.69, 9.17) is 5.11 Å². The zero-order valence-corrected chi connectivity index (χ0v) is 9.61. The normalized spacial score (nSPS) is 27.2. The predicted molar refractivity (Wildman–Crippen MR) is 60.8 cm³/mol. The molecule has 3 heteroatoms. The van der Waals surface area contributed by atoms with Crippen molar-refractivity contribution in [3.8, 4) is 0 Å². The standard InChI is InChI=1S/C11H21NO.ClH/c13-9-10-1-3-11(4-2-10)5-7-12-8-6-11;/h10,12-13H,1-9H2;1H. The second kappa shape index (κ2) is 5.34. The average Bonchev–Trinajstić information content (AvgIpc) is 2.20. The fraction of sp³-hybridized carbons (Fsp3) is 1.00. The Balaban J connectivity index is 0.000000980. The van der Waals surface area contributed by atoms with Gasteiger partial charge in [0, 0.05) is 6.61 Å². The van der Waals surface area contributed by atoms with Crippen LogP contribution in [0.4, 0.5) is 0 Å². The summed E-state index contributed by atoms with van der Waals surface area (Å²) in [6.45, 7) is 2.84. The maximum Gasteiger partial charge on any atom is 0.0459 e. The Labute approximate surface area is 92.9 Å². The Morgan fingerprint density at radius 2 is 1.64 bits per heavy atom. The summed E-state index contributed by atoms with van der Waals surface area (Å²) in [4.78, 5) is 0. The van der Waals surface area contributed by atoms with E-state index in [0.717, 1.165) is 0 Å². The molecule has 1 heterocycles. The number of aliphatic hydroxyl groups is 1. The van der Waals surface area contributed by atoms with Gasteiger partial charge in [0.15, 0.2) is 0 Å². The van der Waals surface area contributed by atoms with Crippen LogP contribution in [-0.2, 0) is 0 Å². The van der Waals surface area contributed by atoms with Gasteiger partial charge in [0.1, 0.15) is 0 Å². The minimum Gasteiger partial charge on any atom is -0.396 e. The van der Waals surface area contributed by atoms with Crippen molar-refractivity contribution in [3.05, 3.63) is 0 Å². The Morgan fingerprint density at radius 1 is 1.07 bits per heavy atom. The van der Waals surface area contributed by atoms with Crippen LogP contribution in [0, 0.1) is 11.3 Å². The largest absolute Gasteiger partial charge is 0.396 e. The molecule has 0 aromatic rings. The van der Waals surface area contributed by atoms with Crippen molar-refractivity contribution in [1.29, 1.82) is 0 Å². The Morgan fingerprint density at radius 3 is 2.14 bits per heavy atom. The van der Waals surface area contributed by atoms with Gasteiger partial charge in [0.2, 0.25) is 0 Å². The SMILES string of the molecule is Cl.OCC1CCC2(CCNCC2)CC1. The van der Waals surface area contributed by atoms with E-state index in [1.807, 2.05) is 0 Å². The number of hydrogen-bond donors (Lipinski definition) is 2. The van der Waals surface area contributed by atoms with Gasteiger partial charge in [-0.1, -0.05) is 0 Å². The minimum atomic E-state index is 0. The summed E-state index contributed by atoms with van der Waals surface area (Å²) in [6, 6.07) is 0. The lowest BCUT2D eigenvalue weighted by molar-refractivity contribution is 0.0798. The molecule has 2 N–H and O–H groups in total. The summed E-state index contributed by atoms with van der Waals surface area (Å²) in [7, 11) is 0. The molecular weight excluding hydrogens is 198 g/mol. The van der Waals surface area contributed by atoms with Crippen LogP contribution >= 0.6 is 12.4 Å². The van der Waals surface area contributed by atoms with Gasteiger partial charge < -0.3 is 10.4 Å². The molecule has 0 atom stereocenters. The van der Waals surface area contributed by atoms with Crippen LogP contribution in [-0.4, -0.2) is 24.8 Å². The first-order valence-electron chi connectivity index (χ1n) is 5.66. The first-order chi connectivity index (χ1) is 6.35. The van der Waals surface area contributed by atoms with Crippen LogP contribution in [0.1, 0.15) is 38.5 Å². The van der Waals surface area contributed by atoms with Crippen molar-refractivity contribution in [2.75, 3.05) is 19.7 Å². The van der Waals surface area contributed by atoms with Crippen LogP contribution in [0.25, 0.3) is 0 Å². The predicted octanol–water partition coefficient (Wildman–Crippen LogP) is 1.96. The molecule has 1 aliphatic heterocycles. The van der Waals surface area contributed by atoms with Gasteiger partial charge in [-0.3, -0.25) is 0 Å². The summed E-state index contributed by atoms with van der Waals surface area (Å²) in [5.74, 6) is 0.612. The lowest BCUT2D eigenvalue weighted by Crippen LogP contribution is -2.39. The minimum absolute atomic E-state index is 0. The van der Waals surface area contributed by atoms with E-state index in [1.165, 1.54) is 51.6 Å². The monoisotopic (exact) mass is 219 g/mol. The first kappa shape index (κ1) is 12.3. The van der Waals surface area contributed by atoms with Gasteiger partial charge in [0.05, 0.1) is 0 Å². The van der Waals surface area contributed by atoms with Crippen molar-refractivity contribution in [2.45, 2.75) is 38.5 Å². The molecule has 1 saturated heterocycles. The topological polar surface area (TPSA) is 32.3 Å². The van der Waals surface area contributed by atoms with E-state index in [0.29, 0.717) is 17.9 Å². The molecule has 0 bridgehead atoms. The molecule has 0 aromatic heterocycles. The molecule has 0 unspecified atom stereocenters. The van der Waals surface area contributed by atoms with E-state index in [2.05, 4.69) is 5.32 Å². The molecular formula is C11H22ClNO.